The fraction of sp³-hybridized carbons (Fsp3) is 0.923. The van der Waals surface area contributed by atoms with Crippen molar-refractivity contribution in [2.75, 3.05) is 0 Å². The molecule has 5 aliphatic rings. The van der Waals surface area contributed by atoms with Gasteiger partial charge in [0.15, 0.2) is 0 Å². The second kappa shape index (κ2) is 6.17. The number of carbonyl (C=O) groups excluding carboxylic acids is 2. The first-order valence-electron chi connectivity index (χ1n) is 12.4. The Morgan fingerprint density at radius 1 is 1.00 bits per heavy atom. The molecule has 0 bridgehead atoms. The molecule has 5 fully saturated rings. The van der Waals surface area contributed by atoms with E-state index in [0.29, 0.717) is 42.3 Å². The molecule has 162 valence electrons. The molecule has 0 aromatic rings. The molecule has 5 rings (SSSR count). The molecule has 5 aliphatic carbocycles. The predicted molar refractivity (Wildman–Crippen MR) is 113 cm³/mol. The number of carbonyl (C=O) groups is 2. The first-order valence-corrected chi connectivity index (χ1v) is 12.4. The zero-order chi connectivity index (χ0) is 20.8. The molecule has 0 unspecified atom stereocenters. The number of hydrogen-bond donors (Lipinski definition) is 1. The van der Waals surface area contributed by atoms with Gasteiger partial charge in [-0.05, 0) is 86.9 Å². The third-order valence-electron chi connectivity index (χ3n) is 11.7. The smallest absolute Gasteiger partial charge is 0.136 e. The summed E-state index contributed by atoms with van der Waals surface area (Å²) in [6.45, 7) is 8.85. The van der Waals surface area contributed by atoms with E-state index in [4.69, 9.17) is 0 Å². The monoisotopic (exact) mass is 400 g/mol. The van der Waals surface area contributed by atoms with E-state index in [2.05, 4.69) is 20.8 Å². The van der Waals surface area contributed by atoms with Crippen molar-refractivity contribution < 1.29 is 14.7 Å². The number of aliphatic hydroxyl groups is 1. The molecule has 0 saturated heterocycles. The van der Waals surface area contributed by atoms with Crippen LogP contribution in [0, 0.1) is 45.8 Å². The highest BCUT2D eigenvalue weighted by atomic mass is 16.3. The van der Waals surface area contributed by atoms with E-state index in [0.717, 1.165) is 32.1 Å². The Bertz CT molecular complexity index is 744. The van der Waals surface area contributed by atoms with Crippen LogP contribution in [0.1, 0.15) is 98.3 Å². The minimum atomic E-state index is -0.832. The van der Waals surface area contributed by atoms with Crippen molar-refractivity contribution in [1.82, 2.24) is 0 Å². The molecular formula is C26H40O3. The third kappa shape index (κ3) is 2.24. The Balaban J connectivity index is 1.56. The van der Waals surface area contributed by atoms with Gasteiger partial charge < -0.3 is 5.11 Å². The molecule has 3 nitrogen and oxygen atoms in total. The average molecular weight is 401 g/mol. The molecule has 0 aliphatic heterocycles. The lowest BCUT2D eigenvalue weighted by atomic mass is 9.40. The van der Waals surface area contributed by atoms with Gasteiger partial charge in [0.1, 0.15) is 11.6 Å². The van der Waals surface area contributed by atoms with Crippen molar-refractivity contribution >= 4 is 11.6 Å². The van der Waals surface area contributed by atoms with Gasteiger partial charge in [-0.1, -0.05) is 33.6 Å². The summed E-state index contributed by atoms with van der Waals surface area (Å²) in [6, 6.07) is 0. The number of ketones is 2. The van der Waals surface area contributed by atoms with Gasteiger partial charge in [0.25, 0.3) is 0 Å². The summed E-state index contributed by atoms with van der Waals surface area (Å²) in [4.78, 5) is 25.5. The average Bonchev–Trinajstić information content (AvgIpc) is 2.95. The highest BCUT2D eigenvalue weighted by Crippen LogP contribution is 2.75. The van der Waals surface area contributed by atoms with Gasteiger partial charge >= 0.3 is 0 Å². The molecule has 3 heteroatoms. The summed E-state index contributed by atoms with van der Waals surface area (Å²) < 4.78 is 0. The maximum Gasteiger partial charge on any atom is 0.136 e. The minimum Gasteiger partial charge on any atom is -0.389 e. The molecule has 0 heterocycles. The van der Waals surface area contributed by atoms with E-state index >= 15 is 0 Å². The van der Waals surface area contributed by atoms with Crippen LogP contribution in [0.2, 0.25) is 0 Å². The van der Waals surface area contributed by atoms with Gasteiger partial charge in [-0.15, -0.1) is 0 Å². The number of hydrogen-bond acceptors (Lipinski definition) is 3. The zero-order valence-electron chi connectivity index (χ0n) is 18.9. The zero-order valence-corrected chi connectivity index (χ0v) is 18.9. The Morgan fingerprint density at radius 2 is 1.76 bits per heavy atom. The summed E-state index contributed by atoms with van der Waals surface area (Å²) in [5.74, 6) is 3.15. The lowest BCUT2D eigenvalue weighted by molar-refractivity contribution is -0.230. The Labute approximate surface area is 176 Å². The first-order chi connectivity index (χ1) is 13.6. The molecule has 1 N–H and O–H groups in total. The normalized spacial score (nSPS) is 56.7. The van der Waals surface area contributed by atoms with Gasteiger partial charge in [0.05, 0.1) is 5.60 Å². The topological polar surface area (TPSA) is 54.4 Å². The summed E-state index contributed by atoms with van der Waals surface area (Å²) in [7, 11) is 0. The van der Waals surface area contributed by atoms with E-state index in [1.807, 2.05) is 6.92 Å². The molecule has 9 atom stereocenters. The Morgan fingerprint density at radius 3 is 2.48 bits per heavy atom. The Hall–Kier alpha value is -0.700. The summed E-state index contributed by atoms with van der Waals surface area (Å²) >= 11 is 0. The van der Waals surface area contributed by atoms with Crippen molar-refractivity contribution in [3.8, 4) is 0 Å². The van der Waals surface area contributed by atoms with Crippen LogP contribution in [0.25, 0.3) is 0 Å². The van der Waals surface area contributed by atoms with E-state index in [1.54, 1.807) is 0 Å². The number of Topliss-reactive ketones (excluding diaryl/α,β-unsaturated/α-hetero) is 2. The summed E-state index contributed by atoms with van der Waals surface area (Å²) in [5.41, 5.74) is -0.953. The lowest BCUT2D eigenvalue weighted by Gasteiger charge is -2.66. The Kier molecular flexibility index (Phi) is 4.30. The van der Waals surface area contributed by atoms with Crippen LogP contribution in [-0.2, 0) is 9.59 Å². The van der Waals surface area contributed by atoms with E-state index in [1.165, 1.54) is 25.7 Å². The fourth-order valence-corrected chi connectivity index (χ4v) is 10.3. The van der Waals surface area contributed by atoms with E-state index in [9.17, 15) is 14.7 Å². The van der Waals surface area contributed by atoms with Gasteiger partial charge in [0, 0.05) is 23.7 Å². The first kappa shape index (κ1) is 20.2. The van der Waals surface area contributed by atoms with Crippen molar-refractivity contribution in [3.05, 3.63) is 0 Å². The van der Waals surface area contributed by atoms with Crippen molar-refractivity contribution in [3.63, 3.8) is 0 Å². The minimum absolute atomic E-state index is 0.0959. The largest absolute Gasteiger partial charge is 0.389 e. The molecular weight excluding hydrogens is 360 g/mol. The van der Waals surface area contributed by atoms with Crippen molar-refractivity contribution in [2.24, 2.45) is 45.8 Å². The van der Waals surface area contributed by atoms with Crippen LogP contribution >= 0.6 is 0 Å². The van der Waals surface area contributed by atoms with Gasteiger partial charge in [-0.3, -0.25) is 9.59 Å². The quantitative estimate of drug-likeness (QED) is 0.647. The van der Waals surface area contributed by atoms with Gasteiger partial charge in [-0.25, -0.2) is 0 Å². The van der Waals surface area contributed by atoms with E-state index < -0.39 is 5.60 Å². The molecule has 0 aromatic heterocycles. The third-order valence-corrected chi connectivity index (χ3v) is 11.7. The highest BCUT2D eigenvalue weighted by molar-refractivity contribution is 5.84. The van der Waals surface area contributed by atoms with Crippen LogP contribution in [0.3, 0.4) is 0 Å². The molecule has 0 aromatic carbocycles. The second-order valence-electron chi connectivity index (χ2n) is 12.2. The fourth-order valence-electron chi connectivity index (χ4n) is 10.3. The van der Waals surface area contributed by atoms with Crippen LogP contribution in [-0.4, -0.2) is 22.3 Å². The van der Waals surface area contributed by atoms with Crippen LogP contribution in [0.5, 0.6) is 0 Å². The standard InChI is InChI=1S/C26H40O3/c1-16-13-20-21(24(4)11-8-19(28)15-26(16,24)29)9-12-23(3)22(20)14-18-7-5-6-10-25(18,23)17(2)27/h16,18,20-22,29H,5-15H2,1-4H3/t16-,18+,20+,21-,22-,23-,24+,25-,26-/m0/s1. The molecule has 0 amide bonds. The van der Waals surface area contributed by atoms with E-state index in [-0.39, 0.29) is 27.9 Å². The molecule has 5 saturated carbocycles. The van der Waals surface area contributed by atoms with Gasteiger partial charge in [-0.2, -0.15) is 0 Å². The summed E-state index contributed by atoms with van der Waals surface area (Å²) in [5, 5.41) is 11.8. The van der Waals surface area contributed by atoms with Crippen LogP contribution < -0.4 is 0 Å². The van der Waals surface area contributed by atoms with Crippen LogP contribution in [0.4, 0.5) is 0 Å². The highest BCUT2D eigenvalue weighted by Gasteiger charge is 2.71. The SMILES string of the molecule is CC(=O)[C@@]12CCCC[C@@H]1C[C@H]1[C@@H]3C[C@H](C)[C@@]4(O)CC(=O)CC[C@]4(C)[C@H]3CC[C@@]12C. The summed E-state index contributed by atoms with van der Waals surface area (Å²) in [6.07, 6.45) is 11.2. The predicted octanol–water partition coefficient (Wildman–Crippen LogP) is 5.33. The van der Waals surface area contributed by atoms with Crippen molar-refractivity contribution in [1.29, 1.82) is 0 Å². The molecule has 0 spiro atoms. The van der Waals surface area contributed by atoms with Gasteiger partial charge in [0.2, 0.25) is 0 Å². The number of fused-ring (bicyclic) bond motifs is 7. The maximum atomic E-state index is 13.2. The van der Waals surface area contributed by atoms with Crippen molar-refractivity contribution in [2.45, 2.75) is 104 Å². The van der Waals surface area contributed by atoms with Crippen LogP contribution in [0.15, 0.2) is 0 Å². The molecule has 29 heavy (non-hydrogen) atoms. The maximum absolute atomic E-state index is 13.2. The lowest BCUT2D eigenvalue weighted by Crippen LogP contribution is -2.66. The molecule has 0 radical (unpaired) electrons. The second-order valence-corrected chi connectivity index (χ2v) is 12.2. The number of rotatable bonds is 1.